The van der Waals surface area contributed by atoms with Gasteiger partial charge in [-0.15, -0.1) is 0 Å². The van der Waals surface area contributed by atoms with Gasteiger partial charge in [-0.2, -0.15) is 0 Å². The number of halogens is 3. The molecule has 0 atom stereocenters. The van der Waals surface area contributed by atoms with Crippen molar-refractivity contribution >= 4 is 56.7 Å². The SMILES string of the molecule is O=C(COc1c(I)cc(Cl)c2cccnc12)Nc1ccc(F)cc1. The van der Waals surface area contributed by atoms with E-state index in [1.165, 1.54) is 24.3 Å². The number of ether oxygens (including phenoxy) is 1. The first-order valence-electron chi connectivity index (χ1n) is 6.95. The summed E-state index contributed by atoms with van der Waals surface area (Å²) in [7, 11) is 0. The van der Waals surface area contributed by atoms with E-state index in [1.807, 2.05) is 6.07 Å². The van der Waals surface area contributed by atoms with Crippen LogP contribution >= 0.6 is 34.2 Å². The van der Waals surface area contributed by atoms with Crippen LogP contribution in [0, 0.1) is 9.39 Å². The molecule has 4 nitrogen and oxygen atoms in total. The van der Waals surface area contributed by atoms with Crippen molar-refractivity contribution in [3.05, 3.63) is 63.1 Å². The second kappa shape index (κ2) is 7.31. The van der Waals surface area contributed by atoms with Crippen molar-refractivity contribution in [1.82, 2.24) is 4.98 Å². The molecule has 122 valence electrons. The van der Waals surface area contributed by atoms with Gasteiger partial charge in [0.05, 0.1) is 8.59 Å². The number of pyridine rings is 1. The summed E-state index contributed by atoms with van der Waals surface area (Å²) in [6.45, 7) is -0.194. The fourth-order valence-corrected chi connectivity index (χ4v) is 3.32. The topological polar surface area (TPSA) is 51.2 Å². The fraction of sp³-hybridized carbons (Fsp3) is 0.0588. The number of carbonyl (C=O) groups excluding carboxylic acids is 1. The molecule has 0 saturated heterocycles. The van der Waals surface area contributed by atoms with Gasteiger partial charge in [-0.25, -0.2) is 4.39 Å². The zero-order valence-electron chi connectivity index (χ0n) is 12.2. The molecule has 1 amide bonds. The minimum absolute atomic E-state index is 0.194. The minimum atomic E-state index is -0.363. The van der Waals surface area contributed by atoms with Crippen LogP contribution in [0.1, 0.15) is 0 Å². The molecule has 0 bridgehead atoms. The van der Waals surface area contributed by atoms with Crippen molar-refractivity contribution in [2.45, 2.75) is 0 Å². The molecular formula is C17H11ClFIN2O2. The number of carbonyl (C=O) groups is 1. The van der Waals surface area contributed by atoms with Crippen LogP contribution in [0.2, 0.25) is 5.02 Å². The van der Waals surface area contributed by atoms with Gasteiger partial charge in [0.2, 0.25) is 0 Å². The Morgan fingerprint density at radius 3 is 2.79 bits per heavy atom. The van der Waals surface area contributed by atoms with Gasteiger partial charge in [0.15, 0.2) is 12.4 Å². The van der Waals surface area contributed by atoms with Crippen molar-refractivity contribution in [3.8, 4) is 5.75 Å². The number of benzene rings is 2. The summed E-state index contributed by atoms with van der Waals surface area (Å²) in [5, 5.41) is 3.97. The number of aromatic nitrogens is 1. The van der Waals surface area contributed by atoms with Crippen molar-refractivity contribution in [1.29, 1.82) is 0 Å². The van der Waals surface area contributed by atoms with Gasteiger partial charge in [-0.3, -0.25) is 9.78 Å². The summed E-state index contributed by atoms with van der Waals surface area (Å²) in [6, 6.07) is 10.9. The van der Waals surface area contributed by atoms with Crippen LogP contribution in [0.4, 0.5) is 10.1 Å². The van der Waals surface area contributed by atoms with Crippen LogP contribution in [0.15, 0.2) is 48.7 Å². The Labute approximate surface area is 156 Å². The molecule has 0 aliphatic carbocycles. The van der Waals surface area contributed by atoms with Crippen LogP contribution < -0.4 is 10.1 Å². The lowest BCUT2D eigenvalue weighted by atomic mass is 10.2. The van der Waals surface area contributed by atoms with E-state index in [-0.39, 0.29) is 18.3 Å². The van der Waals surface area contributed by atoms with Gasteiger partial charge >= 0.3 is 0 Å². The quantitative estimate of drug-likeness (QED) is 0.582. The molecule has 24 heavy (non-hydrogen) atoms. The highest BCUT2D eigenvalue weighted by Crippen LogP contribution is 2.34. The zero-order valence-corrected chi connectivity index (χ0v) is 15.1. The number of amides is 1. The molecule has 0 aliphatic heterocycles. The maximum Gasteiger partial charge on any atom is 0.262 e. The average Bonchev–Trinajstić information content (AvgIpc) is 2.57. The number of nitrogens with one attached hydrogen (secondary N) is 1. The first-order chi connectivity index (χ1) is 11.5. The Hall–Kier alpha value is -1.93. The molecule has 2 aromatic carbocycles. The number of nitrogens with zero attached hydrogens (tertiary/aromatic N) is 1. The summed E-state index contributed by atoms with van der Waals surface area (Å²) in [6.07, 6.45) is 1.64. The van der Waals surface area contributed by atoms with Gasteiger partial charge in [-0.1, -0.05) is 11.6 Å². The van der Waals surface area contributed by atoms with Crippen molar-refractivity contribution < 1.29 is 13.9 Å². The van der Waals surface area contributed by atoms with E-state index in [4.69, 9.17) is 16.3 Å². The van der Waals surface area contributed by atoms with Crippen LogP contribution in [0.5, 0.6) is 5.75 Å². The van der Waals surface area contributed by atoms with Crippen LogP contribution in [0.3, 0.4) is 0 Å². The number of rotatable bonds is 4. The molecule has 0 aliphatic rings. The van der Waals surface area contributed by atoms with E-state index in [0.29, 0.717) is 22.0 Å². The Balaban J connectivity index is 1.76. The Morgan fingerprint density at radius 2 is 2.04 bits per heavy atom. The third-order valence-corrected chi connectivity index (χ3v) is 4.34. The number of fused-ring (bicyclic) bond motifs is 1. The van der Waals surface area contributed by atoms with Gasteiger partial charge in [0.25, 0.3) is 5.91 Å². The van der Waals surface area contributed by atoms with E-state index in [9.17, 15) is 9.18 Å². The standard InChI is InChI=1S/C17H11ClFIN2O2/c18-13-8-14(20)17(16-12(13)2-1-7-21-16)24-9-15(23)22-11-5-3-10(19)4-6-11/h1-8H,9H2,(H,22,23). The van der Waals surface area contributed by atoms with Gasteiger partial charge in [0, 0.05) is 17.3 Å². The molecule has 0 radical (unpaired) electrons. The molecule has 0 fully saturated rings. The lowest BCUT2D eigenvalue weighted by Crippen LogP contribution is -2.20. The third kappa shape index (κ3) is 3.76. The largest absolute Gasteiger partial charge is 0.480 e. The Bertz CT molecular complexity index is 903. The van der Waals surface area contributed by atoms with Crippen LogP contribution in [-0.4, -0.2) is 17.5 Å². The van der Waals surface area contributed by atoms with Crippen molar-refractivity contribution in [3.63, 3.8) is 0 Å². The van der Waals surface area contributed by atoms with Gasteiger partial charge in [0.1, 0.15) is 11.3 Å². The van der Waals surface area contributed by atoms with Crippen molar-refractivity contribution in [2.75, 3.05) is 11.9 Å². The van der Waals surface area contributed by atoms with Gasteiger partial charge in [-0.05, 0) is 65.1 Å². The lowest BCUT2D eigenvalue weighted by molar-refractivity contribution is -0.118. The van der Waals surface area contributed by atoms with E-state index >= 15 is 0 Å². The minimum Gasteiger partial charge on any atom is -0.480 e. The molecule has 0 saturated carbocycles. The number of anilines is 1. The van der Waals surface area contributed by atoms with E-state index in [0.717, 1.165) is 8.96 Å². The smallest absolute Gasteiger partial charge is 0.262 e. The lowest BCUT2D eigenvalue weighted by Gasteiger charge is -2.12. The van der Waals surface area contributed by atoms with Gasteiger partial charge < -0.3 is 10.1 Å². The summed E-state index contributed by atoms with van der Waals surface area (Å²) < 4.78 is 19.3. The first-order valence-corrected chi connectivity index (χ1v) is 8.41. The molecule has 3 aromatic rings. The van der Waals surface area contributed by atoms with E-state index < -0.39 is 0 Å². The third-order valence-electron chi connectivity index (χ3n) is 3.23. The second-order valence-corrected chi connectivity index (χ2v) is 6.48. The number of hydrogen-bond donors (Lipinski definition) is 1. The van der Waals surface area contributed by atoms with E-state index in [1.54, 1.807) is 18.3 Å². The molecule has 1 aromatic heterocycles. The summed E-state index contributed by atoms with van der Waals surface area (Å²) in [5.41, 5.74) is 1.10. The number of hydrogen-bond acceptors (Lipinski definition) is 3. The predicted octanol–water partition coefficient (Wildman–Crippen LogP) is 4.65. The monoisotopic (exact) mass is 456 g/mol. The molecular weight excluding hydrogens is 446 g/mol. The average molecular weight is 457 g/mol. The Morgan fingerprint density at radius 1 is 1.29 bits per heavy atom. The normalized spacial score (nSPS) is 10.6. The maximum absolute atomic E-state index is 12.9. The summed E-state index contributed by atoms with van der Waals surface area (Å²) in [4.78, 5) is 16.3. The Kier molecular flexibility index (Phi) is 5.15. The highest BCUT2D eigenvalue weighted by atomic mass is 127. The molecule has 0 unspecified atom stereocenters. The van der Waals surface area contributed by atoms with Crippen LogP contribution in [-0.2, 0) is 4.79 Å². The predicted molar refractivity (Wildman–Crippen MR) is 100.0 cm³/mol. The first kappa shape index (κ1) is 16.9. The maximum atomic E-state index is 12.9. The molecule has 1 heterocycles. The molecule has 0 spiro atoms. The van der Waals surface area contributed by atoms with E-state index in [2.05, 4.69) is 32.9 Å². The van der Waals surface area contributed by atoms with Crippen LogP contribution in [0.25, 0.3) is 10.9 Å². The highest BCUT2D eigenvalue weighted by molar-refractivity contribution is 14.1. The summed E-state index contributed by atoms with van der Waals surface area (Å²) >= 11 is 8.29. The van der Waals surface area contributed by atoms with Crippen molar-refractivity contribution in [2.24, 2.45) is 0 Å². The molecule has 1 N–H and O–H groups in total. The second-order valence-electron chi connectivity index (χ2n) is 4.91. The molecule has 3 rings (SSSR count). The zero-order chi connectivity index (χ0) is 17.1. The fourth-order valence-electron chi connectivity index (χ4n) is 2.15. The summed E-state index contributed by atoms with van der Waals surface area (Å²) in [5.74, 6) is -0.209. The highest BCUT2D eigenvalue weighted by Gasteiger charge is 2.13. The molecule has 7 heteroatoms.